The maximum atomic E-state index is 11.8. The molecule has 0 saturated heterocycles. The van der Waals surface area contributed by atoms with E-state index in [1.807, 2.05) is 27.7 Å². The topological polar surface area (TPSA) is 120 Å². The number of nitrogens with two attached hydrogens (primary N) is 3. The minimum absolute atomic E-state index is 0.0312. The molecule has 0 saturated carbocycles. The molecule has 1 unspecified atom stereocenters. The maximum absolute atomic E-state index is 11.8. The molecule has 0 radical (unpaired) electrons. The molecule has 6 heteroatoms. The van der Waals surface area contributed by atoms with E-state index in [1.165, 1.54) is 0 Å². The average molecular weight is 227 g/mol. The van der Waals surface area contributed by atoms with Crippen molar-refractivity contribution in [2.75, 3.05) is 0 Å². The Morgan fingerprint density at radius 1 is 1.06 bits per heavy atom. The highest BCUT2D eigenvalue weighted by atomic mass is 16.1. The van der Waals surface area contributed by atoms with Crippen LogP contribution in [0.5, 0.6) is 0 Å². The molecule has 0 spiro atoms. The fourth-order valence-electron chi connectivity index (χ4n) is 1.19. The molecule has 6 nitrogen and oxygen atoms in total. The Bertz CT molecular complexity index is 302. The lowest BCUT2D eigenvalue weighted by atomic mass is 9.94. The molecule has 0 aliphatic rings. The van der Waals surface area contributed by atoms with Crippen LogP contribution in [-0.2, 0) is 4.79 Å². The van der Waals surface area contributed by atoms with Crippen LogP contribution < -0.4 is 17.2 Å². The zero-order valence-corrected chi connectivity index (χ0v) is 10.3. The second kappa shape index (κ2) is 6.09. The summed E-state index contributed by atoms with van der Waals surface area (Å²) in [5, 5.41) is 0. The molecule has 6 N–H and O–H groups in total. The second-order valence-electron chi connectivity index (χ2n) is 4.27. The number of guanidine groups is 2. The number of carbonyl (C=O) groups is 1. The fraction of sp³-hybridized carbons (Fsp3) is 0.700. The maximum Gasteiger partial charge on any atom is 0.219 e. The Morgan fingerprint density at radius 3 is 1.88 bits per heavy atom. The summed E-state index contributed by atoms with van der Waals surface area (Å²) in [6, 6.07) is -0.497. The van der Waals surface area contributed by atoms with Crippen LogP contribution in [-0.4, -0.2) is 23.7 Å². The van der Waals surface area contributed by atoms with Gasteiger partial charge in [-0.1, -0.05) is 27.7 Å². The van der Waals surface area contributed by atoms with Gasteiger partial charge in [0, 0.05) is 5.92 Å². The highest BCUT2D eigenvalue weighted by molar-refractivity contribution is 5.94. The van der Waals surface area contributed by atoms with Gasteiger partial charge in [0.1, 0.15) is 6.04 Å². The van der Waals surface area contributed by atoms with Crippen LogP contribution in [0.3, 0.4) is 0 Å². The van der Waals surface area contributed by atoms with Crippen LogP contribution in [0.25, 0.3) is 0 Å². The van der Waals surface area contributed by atoms with E-state index in [-0.39, 0.29) is 29.5 Å². The Morgan fingerprint density at radius 2 is 1.56 bits per heavy atom. The molecule has 92 valence electrons. The van der Waals surface area contributed by atoms with Crippen molar-refractivity contribution in [2.45, 2.75) is 33.7 Å². The van der Waals surface area contributed by atoms with Crippen molar-refractivity contribution in [3.63, 3.8) is 0 Å². The van der Waals surface area contributed by atoms with E-state index < -0.39 is 6.04 Å². The molecule has 0 heterocycles. The number of hydrogen-bond acceptors (Lipinski definition) is 2. The molecular formula is C10H21N5O. The van der Waals surface area contributed by atoms with Gasteiger partial charge in [0.15, 0.2) is 11.7 Å². The summed E-state index contributed by atoms with van der Waals surface area (Å²) in [6.07, 6.45) is 0. The summed E-state index contributed by atoms with van der Waals surface area (Å²) in [4.78, 5) is 19.5. The molecule has 0 aliphatic heterocycles. The predicted octanol–water partition coefficient (Wildman–Crippen LogP) is -0.176. The van der Waals surface area contributed by atoms with Crippen LogP contribution in [0.4, 0.5) is 0 Å². The molecule has 1 atom stereocenters. The van der Waals surface area contributed by atoms with E-state index >= 15 is 0 Å². The zero-order chi connectivity index (χ0) is 12.9. The first-order valence-corrected chi connectivity index (χ1v) is 5.22. The standard InChI is InChI=1S/C10H21N5O/c1-5(2)7(8(16)6(3)4)14-10(13)15-9(11)12/h5-7H,1-4H3,(H6,11,12,13,14,15). The van der Waals surface area contributed by atoms with Crippen LogP contribution in [0, 0.1) is 11.8 Å². The Kier molecular flexibility index (Phi) is 5.49. The van der Waals surface area contributed by atoms with Crippen LogP contribution >= 0.6 is 0 Å². The third kappa shape index (κ3) is 4.77. The van der Waals surface area contributed by atoms with Gasteiger partial charge in [-0.15, -0.1) is 0 Å². The molecule has 16 heavy (non-hydrogen) atoms. The first kappa shape index (κ1) is 14.4. The summed E-state index contributed by atoms with van der Waals surface area (Å²) < 4.78 is 0. The SMILES string of the molecule is CC(C)C(=O)C(N=C(N)N=C(N)N)C(C)C. The Balaban J connectivity index is 4.96. The lowest BCUT2D eigenvalue weighted by molar-refractivity contribution is -0.123. The number of hydrogen-bond donors (Lipinski definition) is 3. The largest absolute Gasteiger partial charge is 0.370 e. The van der Waals surface area contributed by atoms with Gasteiger partial charge < -0.3 is 17.2 Å². The van der Waals surface area contributed by atoms with Gasteiger partial charge in [-0.3, -0.25) is 4.79 Å². The summed E-state index contributed by atoms with van der Waals surface area (Å²) in [7, 11) is 0. The molecule has 0 aromatic heterocycles. The van der Waals surface area contributed by atoms with E-state index in [1.54, 1.807) is 0 Å². The Hall–Kier alpha value is -1.59. The van der Waals surface area contributed by atoms with E-state index in [0.717, 1.165) is 0 Å². The number of ketones is 1. The van der Waals surface area contributed by atoms with Gasteiger partial charge in [0.2, 0.25) is 5.96 Å². The van der Waals surface area contributed by atoms with E-state index in [2.05, 4.69) is 9.98 Å². The minimum atomic E-state index is -0.497. The van der Waals surface area contributed by atoms with E-state index in [4.69, 9.17) is 17.2 Å². The predicted molar refractivity (Wildman–Crippen MR) is 65.9 cm³/mol. The smallest absolute Gasteiger partial charge is 0.219 e. The molecule has 0 aromatic carbocycles. The molecule has 0 fully saturated rings. The number of carbonyl (C=O) groups excluding carboxylic acids is 1. The average Bonchev–Trinajstić information content (AvgIpc) is 2.11. The molecule has 0 rings (SSSR count). The van der Waals surface area contributed by atoms with Gasteiger partial charge in [-0.2, -0.15) is 4.99 Å². The number of Topliss-reactive ketones (excluding diaryl/α,β-unsaturated/α-hetero) is 1. The van der Waals surface area contributed by atoms with Gasteiger partial charge in [0.05, 0.1) is 0 Å². The van der Waals surface area contributed by atoms with E-state index in [0.29, 0.717) is 0 Å². The molecule has 0 aromatic rings. The molecule has 0 amide bonds. The highest BCUT2D eigenvalue weighted by Crippen LogP contribution is 2.12. The first-order valence-electron chi connectivity index (χ1n) is 5.22. The summed E-state index contributed by atoms with van der Waals surface area (Å²) in [5.41, 5.74) is 15.8. The highest BCUT2D eigenvalue weighted by Gasteiger charge is 2.23. The summed E-state index contributed by atoms with van der Waals surface area (Å²) in [5.74, 6) is -0.233. The minimum Gasteiger partial charge on any atom is -0.370 e. The first-order chi connectivity index (χ1) is 7.25. The summed E-state index contributed by atoms with van der Waals surface area (Å²) >= 11 is 0. The molecule has 0 bridgehead atoms. The van der Waals surface area contributed by atoms with Gasteiger partial charge >= 0.3 is 0 Å². The number of rotatable bonds is 4. The second-order valence-corrected chi connectivity index (χ2v) is 4.27. The van der Waals surface area contributed by atoms with Crippen LogP contribution in [0.1, 0.15) is 27.7 Å². The van der Waals surface area contributed by atoms with Crippen molar-refractivity contribution in [2.24, 2.45) is 39.0 Å². The van der Waals surface area contributed by atoms with Crippen LogP contribution in [0.2, 0.25) is 0 Å². The van der Waals surface area contributed by atoms with Gasteiger partial charge in [0.25, 0.3) is 0 Å². The summed E-state index contributed by atoms with van der Waals surface area (Å²) in [6.45, 7) is 7.45. The number of nitrogens with zero attached hydrogens (tertiary/aromatic N) is 2. The van der Waals surface area contributed by atoms with Crippen LogP contribution in [0.15, 0.2) is 9.98 Å². The van der Waals surface area contributed by atoms with Gasteiger partial charge in [-0.25, -0.2) is 4.99 Å². The van der Waals surface area contributed by atoms with Crippen molar-refractivity contribution < 1.29 is 4.79 Å². The quantitative estimate of drug-likeness (QED) is 0.456. The molecular weight excluding hydrogens is 206 g/mol. The third-order valence-electron chi connectivity index (χ3n) is 2.01. The molecule has 0 aliphatic carbocycles. The van der Waals surface area contributed by atoms with Crippen molar-refractivity contribution >= 4 is 17.7 Å². The normalized spacial score (nSPS) is 14.0. The van der Waals surface area contributed by atoms with E-state index in [9.17, 15) is 4.79 Å². The lowest BCUT2D eigenvalue weighted by Crippen LogP contribution is -2.32. The van der Waals surface area contributed by atoms with Crippen molar-refractivity contribution in [3.05, 3.63) is 0 Å². The third-order valence-corrected chi connectivity index (χ3v) is 2.01. The zero-order valence-electron chi connectivity index (χ0n) is 10.3. The fourth-order valence-corrected chi connectivity index (χ4v) is 1.19. The number of aliphatic imine (C=N–C) groups is 2. The van der Waals surface area contributed by atoms with Gasteiger partial charge in [-0.05, 0) is 5.92 Å². The lowest BCUT2D eigenvalue weighted by Gasteiger charge is -2.17. The Labute approximate surface area is 96.0 Å². The van der Waals surface area contributed by atoms with Crippen molar-refractivity contribution in [1.29, 1.82) is 0 Å². The monoisotopic (exact) mass is 227 g/mol. The van der Waals surface area contributed by atoms with Crippen molar-refractivity contribution in [1.82, 2.24) is 0 Å². The van der Waals surface area contributed by atoms with Crippen molar-refractivity contribution in [3.8, 4) is 0 Å².